The van der Waals surface area contributed by atoms with Crippen LogP contribution >= 0.6 is 11.6 Å². The molecule has 6 heteroatoms. The quantitative estimate of drug-likeness (QED) is 0.591. The second-order valence-electron chi connectivity index (χ2n) is 5.03. The lowest BCUT2D eigenvalue weighted by Gasteiger charge is -2.11. The van der Waals surface area contributed by atoms with E-state index in [0.717, 1.165) is 17.0 Å². The molecule has 0 aliphatic heterocycles. The van der Waals surface area contributed by atoms with Gasteiger partial charge in [0.2, 0.25) is 0 Å². The first-order chi connectivity index (χ1) is 11.6. The molecule has 0 amide bonds. The van der Waals surface area contributed by atoms with E-state index in [1.807, 2.05) is 49.4 Å². The molecule has 0 fully saturated rings. The standard InChI is InChI=1S/C18H22ClN3O2/c1-3-24-16-9-8-14(19)12-13(16)10-11-21-18(20)22-15-6-4-5-7-17(15)23-2/h4-9,12H,3,10-11H2,1-2H3,(H3,20,21,22). The summed E-state index contributed by atoms with van der Waals surface area (Å²) in [6.07, 6.45) is 0.685. The van der Waals surface area contributed by atoms with Crippen molar-refractivity contribution in [2.75, 3.05) is 25.6 Å². The topological polar surface area (TPSA) is 68.9 Å². The summed E-state index contributed by atoms with van der Waals surface area (Å²) >= 11 is 6.06. The third-order valence-electron chi connectivity index (χ3n) is 3.36. The average Bonchev–Trinajstić information content (AvgIpc) is 2.58. The first-order valence-electron chi connectivity index (χ1n) is 7.75. The molecule has 5 nitrogen and oxygen atoms in total. The van der Waals surface area contributed by atoms with Crippen LogP contribution in [0.4, 0.5) is 5.69 Å². The van der Waals surface area contributed by atoms with Crippen molar-refractivity contribution in [2.24, 2.45) is 10.7 Å². The lowest BCUT2D eigenvalue weighted by Crippen LogP contribution is -2.23. The van der Waals surface area contributed by atoms with E-state index in [9.17, 15) is 0 Å². The Labute approximate surface area is 147 Å². The Morgan fingerprint density at radius 1 is 1.21 bits per heavy atom. The number of hydrogen-bond donors (Lipinski definition) is 2. The van der Waals surface area contributed by atoms with Gasteiger partial charge in [-0.25, -0.2) is 0 Å². The van der Waals surface area contributed by atoms with Gasteiger partial charge in [-0.2, -0.15) is 0 Å². The summed E-state index contributed by atoms with van der Waals surface area (Å²) in [7, 11) is 1.61. The Morgan fingerprint density at radius 2 is 2.00 bits per heavy atom. The van der Waals surface area contributed by atoms with Gasteiger partial charge in [0.15, 0.2) is 5.96 Å². The molecule has 0 atom stereocenters. The molecule has 0 bridgehead atoms. The second-order valence-corrected chi connectivity index (χ2v) is 5.46. The maximum Gasteiger partial charge on any atom is 0.193 e. The predicted molar refractivity (Wildman–Crippen MR) is 99.4 cm³/mol. The van der Waals surface area contributed by atoms with Gasteiger partial charge >= 0.3 is 0 Å². The van der Waals surface area contributed by atoms with E-state index in [1.54, 1.807) is 7.11 Å². The van der Waals surface area contributed by atoms with Gasteiger partial charge in [0.25, 0.3) is 0 Å². The lowest BCUT2D eigenvalue weighted by molar-refractivity contribution is 0.336. The fourth-order valence-corrected chi connectivity index (χ4v) is 2.46. The van der Waals surface area contributed by atoms with Gasteiger partial charge in [0.1, 0.15) is 11.5 Å². The van der Waals surface area contributed by atoms with Gasteiger partial charge in [0, 0.05) is 11.6 Å². The van der Waals surface area contributed by atoms with E-state index >= 15 is 0 Å². The molecule has 128 valence electrons. The maximum atomic E-state index is 6.06. The second kappa shape index (κ2) is 9.03. The van der Waals surface area contributed by atoms with Crippen LogP contribution in [-0.2, 0) is 6.42 Å². The zero-order valence-electron chi connectivity index (χ0n) is 13.9. The number of methoxy groups -OCH3 is 1. The number of rotatable bonds is 7. The Kier molecular flexibility index (Phi) is 6.75. The fraction of sp³-hybridized carbons (Fsp3) is 0.278. The highest BCUT2D eigenvalue weighted by Gasteiger charge is 2.05. The van der Waals surface area contributed by atoms with Crippen molar-refractivity contribution in [2.45, 2.75) is 13.3 Å². The monoisotopic (exact) mass is 347 g/mol. The molecule has 0 saturated heterocycles. The summed E-state index contributed by atoms with van der Waals surface area (Å²) in [6, 6.07) is 13.1. The third kappa shape index (κ3) is 5.06. The van der Waals surface area contributed by atoms with Crippen molar-refractivity contribution in [3.8, 4) is 11.5 Å². The van der Waals surface area contributed by atoms with E-state index in [1.165, 1.54) is 0 Å². The minimum absolute atomic E-state index is 0.333. The molecular formula is C18H22ClN3O2. The van der Waals surface area contributed by atoms with Crippen LogP contribution in [0.5, 0.6) is 11.5 Å². The largest absolute Gasteiger partial charge is 0.495 e. The number of guanidine groups is 1. The predicted octanol–water partition coefficient (Wildman–Crippen LogP) is 3.72. The molecule has 24 heavy (non-hydrogen) atoms. The van der Waals surface area contributed by atoms with Crippen LogP contribution in [0, 0.1) is 0 Å². The van der Waals surface area contributed by atoms with Crippen molar-refractivity contribution >= 4 is 23.2 Å². The highest BCUT2D eigenvalue weighted by atomic mass is 35.5. The van der Waals surface area contributed by atoms with Crippen LogP contribution < -0.4 is 20.5 Å². The van der Waals surface area contributed by atoms with Gasteiger partial charge < -0.3 is 20.5 Å². The number of nitrogens with zero attached hydrogens (tertiary/aromatic N) is 1. The Bertz CT molecular complexity index is 704. The first kappa shape index (κ1) is 17.9. The Morgan fingerprint density at radius 3 is 2.75 bits per heavy atom. The van der Waals surface area contributed by atoms with Crippen LogP contribution in [-0.4, -0.2) is 26.2 Å². The number of halogens is 1. The highest BCUT2D eigenvalue weighted by molar-refractivity contribution is 6.30. The Balaban J connectivity index is 1.99. The van der Waals surface area contributed by atoms with Crippen LogP contribution in [0.3, 0.4) is 0 Å². The molecule has 0 radical (unpaired) electrons. The summed E-state index contributed by atoms with van der Waals surface area (Å²) in [6.45, 7) is 3.08. The molecule has 0 aromatic heterocycles. The van der Waals surface area contributed by atoms with Gasteiger partial charge in [-0.1, -0.05) is 23.7 Å². The fourth-order valence-electron chi connectivity index (χ4n) is 2.26. The van der Waals surface area contributed by atoms with Crippen LogP contribution in [0.25, 0.3) is 0 Å². The summed E-state index contributed by atoms with van der Waals surface area (Å²) in [5, 5.41) is 3.72. The maximum absolute atomic E-state index is 6.06. The molecule has 2 aromatic carbocycles. The summed E-state index contributed by atoms with van der Waals surface area (Å²) in [5.74, 6) is 1.87. The first-order valence-corrected chi connectivity index (χ1v) is 8.13. The summed E-state index contributed by atoms with van der Waals surface area (Å²) < 4.78 is 10.9. The van der Waals surface area contributed by atoms with Crippen LogP contribution in [0.2, 0.25) is 5.02 Å². The number of hydrogen-bond acceptors (Lipinski definition) is 3. The molecule has 2 rings (SSSR count). The number of nitrogens with two attached hydrogens (primary N) is 1. The number of ether oxygens (including phenoxy) is 2. The molecule has 0 saturated carbocycles. The summed E-state index contributed by atoms with van der Waals surface area (Å²) in [4.78, 5) is 4.35. The van der Waals surface area contributed by atoms with E-state index in [-0.39, 0.29) is 0 Å². The van der Waals surface area contributed by atoms with Crippen LogP contribution in [0.15, 0.2) is 47.5 Å². The van der Waals surface area contributed by atoms with E-state index < -0.39 is 0 Å². The van der Waals surface area contributed by atoms with E-state index in [0.29, 0.717) is 36.3 Å². The minimum atomic E-state index is 0.333. The van der Waals surface area contributed by atoms with Crippen molar-refractivity contribution in [3.05, 3.63) is 53.1 Å². The SMILES string of the molecule is CCOc1ccc(Cl)cc1CCN=C(N)Nc1ccccc1OC. The third-order valence-corrected chi connectivity index (χ3v) is 3.59. The molecule has 0 aliphatic carbocycles. The Hall–Kier alpha value is -2.40. The zero-order chi connectivity index (χ0) is 17.4. The van der Waals surface area contributed by atoms with Crippen molar-refractivity contribution in [1.29, 1.82) is 0 Å². The molecule has 3 N–H and O–H groups in total. The van der Waals surface area contributed by atoms with Crippen molar-refractivity contribution in [1.82, 2.24) is 0 Å². The highest BCUT2D eigenvalue weighted by Crippen LogP contribution is 2.24. The molecule has 0 heterocycles. The lowest BCUT2D eigenvalue weighted by atomic mass is 10.1. The van der Waals surface area contributed by atoms with Gasteiger partial charge in [-0.15, -0.1) is 0 Å². The minimum Gasteiger partial charge on any atom is -0.495 e. The van der Waals surface area contributed by atoms with E-state index in [4.69, 9.17) is 26.8 Å². The molecule has 0 aliphatic rings. The van der Waals surface area contributed by atoms with Gasteiger partial charge in [-0.05, 0) is 49.2 Å². The summed E-state index contributed by atoms with van der Waals surface area (Å²) in [5.41, 5.74) is 7.74. The average molecular weight is 348 g/mol. The zero-order valence-corrected chi connectivity index (χ0v) is 14.6. The van der Waals surface area contributed by atoms with Gasteiger partial charge in [-0.3, -0.25) is 4.99 Å². The number of aliphatic imine (C=N–C) groups is 1. The molecular weight excluding hydrogens is 326 g/mol. The number of nitrogens with one attached hydrogen (secondary N) is 1. The van der Waals surface area contributed by atoms with Crippen molar-refractivity contribution < 1.29 is 9.47 Å². The number of benzene rings is 2. The molecule has 2 aromatic rings. The van der Waals surface area contributed by atoms with E-state index in [2.05, 4.69) is 10.3 Å². The van der Waals surface area contributed by atoms with Crippen LogP contribution in [0.1, 0.15) is 12.5 Å². The number of para-hydroxylation sites is 2. The molecule has 0 spiro atoms. The van der Waals surface area contributed by atoms with Crippen molar-refractivity contribution in [3.63, 3.8) is 0 Å². The molecule has 0 unspecified atom stereocenters. The number of anilines is 1. The van der Waals surface area contributed by atoms with Gasteiger partial charge in [0.05, 0.1) is 19.4 Å². The normalized spacial score (nSPS) is 11.2. The smallest absolute Gasteiger partial charge is 0.193 e.